The molecule has 152 valence electrons. The molecule has 1 aromatic heterocycles. The number of hydrogen-bond acceptors (Lipinski definition) is 4. The molecule has 1 aliphatic rings. The molecule has 2 heterocycles. The molecule has 1 aliphatic heterocycles. The highest BCUT2D eigenvalue weighted by atomic mass is 16.3. The van der Waals surface area contributed by atoms with Gasteiger partial charge in [-0.15, -0.1) is 0 Å². The number of pyridine rings is 1. The van der Waals surface area contributed by atoms with Crippen molar-refractivity contribution in [1.29, 1.82) is 0 Å². The maximum Gasteiger partial charge on any atom is 0.294 e. The van der Waals surface area contributed by atoms with Crippen LogP contribution in [0.1, 0.15) is 58.2 Å². The Balaban J connectivity index is 2.09. The van der Waals surface area contributed by atoms with Crippen LogP contribution in [-0.2, 0) is 15.0 Å². The number of amides is 1. The maximum absolute atomic E-state index is 13.0. The average molecular weight is 392 g/mol. The van der Waals surface area contributed by atoms with Gasteiger partial charge < -0.3 is 5.11 Å². The lowest BCUT2D eigenvalue weighted by Crippen LogP contribution is -2.31. The molecule has 2 aromatic rings. The molecule has 3 rings (SSSR count). The summed E-state index contributed by atoms with van der Waals surface area (Å²) in [5.74, 6) is -1.13. The summed E-state index contributed by atoms with van der Waals surface area (Å²) in [5.41, 5.74) is 2.60. The van der Waals surface area contributed by atoms with Crippen molar-refractivity contribution < 1.29 is 14.7 Å². The summed E-state index contributed by atoms with van der Waals surface area (Å²) >= 11 is 0. The van der Waals surface area contributed by atoms with E-state index >= 15 is 0 Å². The molecule has 1 aromatic carbocycles. The van der Waals surface area contributed by atoms with Crippen molar-refractivity contribution in [2.75, 3.05) is 4.90 Å². The van der Waals surface area contributed by atoms with E-state index in [2.05, 4.69) is 25.8 Å². The highest BCUT2D eigenvalue weighted by Gasteiger charge is 2.44. The number of carbonyl (C=O) groups is 2. The Labute approximate surface area is 172 Å². The lowest BCUT2D eigenvalue weighted by molar-refractivity contribution is -0.118. The largest absolute Gasteiger partial charge is 0.503 e. The standard InChI is InChI=1S/C24H28N2O3/c1-15(2)13-19(27)20-21(16-7-6-12-25-14-16)26(23(29)22(20)28)18-10-8-17(9-11-18)24(3,4)5/h6-12,14-15,21,28H,13H2,1-5H3. The van der Waals surface area contributed by atoms with Gasteiger partial charge in [0.25, 0.3) is 5.91 Å². The third-order valence-electron chi connectivity index (χ3n) is 5.11. The van der Waals surface area contributed by atoms with Gasteiger partial charge in [0.15, 0.2) is 11.5 Å². The van der Waals surface area contributed by atoms with Gasteiger partial charge in [-0.2, -0.15) is 0 Å². The fourth-order valence-corrected chi connectivity index (χ4v) is 3.61. The van der Waals surface area contributed by atoms with E-state index in [1.807, 2.05) is 44.2 Å². The van der Waals surface area contributed by atoms with E-state index in [-0.39, 0.29) is 29.1 Å². The average Bonchev–Trinajstić information content (AvgIpc) is 2.92. The van der Waals surface area contributed by atoms with Crippen molar-refractivity contribution in [1.82, 2.24) is 4.98 Å². The third-order valence-corrected chi connectivity index (χ3v) is 5.11. The highest BCUT2D eigenvalue weighted by Crippen LogP contribution is 2.41. The van der Waals surface area contributed by atoms with Crippen molar-refractivity contribution in [3.63, 3.8) is 0 Å². The zero-order valence-electron chi connectivity index (χ0n) is 17.6. The van der Waals surface area contributed by atoms with Gasteiger partial charge in [-0.1, -0.05) is 52.8 Å². The van der Waals surface area contributed by atoms with Crippen LogP contribution in [0.25, 0.3) is 0 Å². The minimum atomic E-state index is -0.692. The SMILES string of the molecule is CC(C)CC(=O)C1=C(O)C(=O)N(c2ccc(C(C)(C)C)cc2)C1c1cccnc1. The Hall–Kier alpha value is -2.95. The molecule has 0 aliphatic carbocycles. The quantitative estimate of drug-likeness (QED) is 0.786. The predicted molar refractivity (Wildman–Crippen MR) is 114 cm³/mol. The van der Waals surface area contributed by atoms with Crippen LogP contribution in [0.4, 0.5) is 5.69 Å². The maximum atomic E-state index is 13.0. The van der Waals surface area contributed by atoms with E-state index < -0.39 is 17.7 Å². The summed E-state index contributed by atoms with van der Waals surface area (Å²) in [7, 11) is 0. The topological polar surface area (TPSA) is 70.5 Å². The van der Waals surface area contributed by atoms with Gasteiger partial charge in [0.2, 0.25) is 0 Å². The van der Waals surface area contributed by atoms with Crippen molar-refractivity contribution in [3.8, 4) is 0 Å². The van der Waals surface area contributed by atoms with Crippen LogP contribution in [0.2, 0.25) is 0 Å². The molecule has 1 amide bonds. The van der Waals surface area contributed by atoms with Crippen molar-refractivity contribution in [3.05, 3.63) is 71.3 Å². The smallest absolute Gasteiger partial charge is 0.294 e. The molecule has 1 N–H and O–H groups in total. The van der Waals surface area contributed by atoms with Gasteiger partial charge in [0, 0.05) is 24.5 Å². The Morgan fingerprint density at radius 3 is 2.34 bits per heavy atom. The Morgan fingerprint density at radius 1 is 1.17 bits per heavy atom. The zero-order valence-corrected chi connectivity index (χ0v) is 17.6. The minimum Gasteiger partial charge on any atom is -0.503 e. The second-order valence-corrected chi connectivity index (χ2v) is 8.94. The first kappa shape index (κ1) is 20.8. The number of nitrogens with zero attached hydrogens (tertiary/aromatic N) is 2. The Bertz CT molecular complexity index is 938. The molecule has 5 heteroatoms. The second-order valence-electron chi connectivity index (χ2n) is 8.94. The van der Waals surface area contributed by atoms with Crippen molar-refractivity contribution >= 4 is 17.4 Å². The van der Waals surface area contributed by atoms with Crippen LogP contribution in [0, 0.1) is 5.92 Å². The molecule has 29 heavy (non-hydrogen) atoms. The summed E-state index contributed by atoms with van der Waals surface area (Å²) in [5, 5.41) is 10.6. The lowest BCUT2D eigenvalue weighted by atomic mass is 9.87. The molecule has 0 spiro atoms. The monoisotopic (exact) mass is 392 g/mol. The molecule has 1 unspecified atom stereocenters. The number of ketones is 1. The summed E-state index contributed by atoms with van der Waals surface area (Å²) in [6.07, 6.45) is 3.54. The minimum absolute atomic E-state index is 0.0188. The summed E-state index contributed by atoms with van der Waals surface area (Å²) in [4.78, 5) is 31.6. The van der Waals surface area contributed by atoms with Crippen LogP contribution in [-0.4, -0.2) is 21.8 Å². The molecular weight excluding hydrogens is 364 g/mol. The Kier molecular flexibility index (Phi) is 5.60. The second kappa shape index (κ2) is 7.82. The number of aromatic nitrogens is 1. The first-order valence-electron chi connectivity index (χ1n) is 9.91. The summed E-state index contributed by atoms with van der Waals surface area (Å²) in [6, 6.07) is 10.6. The fraction of sp³-hybridized carbons (Fsp3) is 0.375. The number of aliphatic hydroxyl groups excluding tert-OH is 1. The molecule has 0 saturated carbocycles. The Morgan fingerprint density at radius 2 is 1.83 bits per heavy atom. The van der Waals surface area contributed by atoms with Gasteiger partial charge in [0.1, 0.15) is 0 Å². The van der Waals surface area contributed by atoms with Crippen LogP contribution in [0.3, 0.4) is 0 Å². The van der Waals surface area contributed by atoms with E-state index in [0.29, 0.717) is 11.3 Å². The van der Waals surface area contributed by atoms with Crippen LogP contribution in [0.15, 0.2) is 60.1 Å². The molecule has 0 bridgehead atoms. The number of anilines is 1. The number of Topliss-reactive ketones (excluding diaryl/α,β-unsaturated/α-hetero) is 1. The first-order chi connectivity index (χ1) is 13.6. The number of benzene rings is 1. The normalized spacial score (nSPS) is 17.4. The van der Waals surface area contributed by atoms with Crippen molar-refractivity contribution in [2.24, 2.45) is 5.92 Å². The van der Waals surface area contributed by atoms with Crippen molar-refractivity contribution in [2.45, 2.75) is 52.5 Å². The van der Waals surface area contributed by atoms with E-state index in [1.165, 1.54) is 4.90 Å². The number of aliphatic hydroxyl groups is 1. The molecule has 0 saturated heterocycles. The van der Waals surface area contributed by atoms with E-state index in [4.69, 9.17) is 0 Å². The fourth-order valence-electron chi connectivity index (χ4n) is 3.61. The number of hydrogen-bond donors (Lipinski definition) is 1. The van der Waals surface area contributed by atoms with E-state index in [1.54, 1.807) is 18.5 Å². The number of rotatable bonds is 5. The molecular formula is C24H28N2O3. The summed E-state index contributed by atoms with van der Waals surface area (Å²) < 4.78 is 0. The van der Waals surface area contributed by atoms with Gasteiger partial charge in [-0.3, -0.25) is 19.5 Å². The van der Waals surface area contributed by atoms with Crippen LogP contribution in [0.5, 0.6) is 0 Å². The molecule has 5 nitrogen and oxygen atoms in total. The number of carbonyl (C=O) groups excluding carboxylic acids is 2. The first-order valence-corrected chi connectivity index (χ1v) is 9.91. The van der Waals surface area contributed by atoms with Crippen LogP contribution < -0.4 is 4.90 Å². The molecule has 0 fully saturated rings. The highest BCUT2D eigenvalue weighted by molar-refractivity contribution is 6.16. The zero-order chi connectivity index (χ0) is 21.3. The van der Waals surface area contributed by atoms with Gasteiger partial charge in [0.05, 0.1) is 11.6 Å². The molecule has 1 atom stereocenters. The van der Waals surface area contributed by atoms with E-state index in [0.717, 1.165) is 5.56 Å². The lowest BCUT2D eigenvalue weighted by Gasteiger charge is -2.28. The van der Waals surface area contributed by atoms with Gasteiger partial charge in [-0.25, -0.2) is 0 Å². The van der Waals surface area contributed by atoms with Gasteiger partial charge in [-0.05, 0) is 40.7 Å². The van der Waals surface area contributed by atoms with E-state index in [9.17, 15) is 14.7 Å². The molecule has 0 radical (unpaired) electrons. The summed E-state index contributed by atoms with van der Waals surface area (Å²) in [6.45, 7) is 10.2. The van der Waals surface area contributed by atoms with Crippen LogP contribution >= 0.6 is 0 Å². The predicted octanol–water partition coefficient (Wildman–Crippen LogP) is 4.89. The van der Waals surface area contributed by atoms with Gasteiger partial charge >= 0.3 is 0 Å². The third kappa shape index (κ3) is 4.09.